The molecule has 1 fully saturated rings. The van der Waals surface area contributed by atoms with Gasteiger partial charge >= 0.3 is 6.03 Å². The van der Waals surface area contributed by atoms with E-state index < -0.39 is 11.3 Å². The Balaban J connectivity index is 1.49. The Kier molecular flexibility index (Phi) is 6.27. The summed E-state index contributed by atoms with van der Waals surface area (Å²) in [7, 11) is 0. The van der Waals surface area contributed by atoms with E-state index in [0.717, 1.165) is 43.0 Å². The average molecular weight is 374 g/mol. The first-order valence-electron chi connectivity index (χ1n) is 8.79. The quantitative estimate of drug-likeness (QED) is 0.779. The zero-order chi connectivity index (χ0) is 18.4. The Morgan fingerprint density at radius 1 is 1.15 bits per heavy atom. The van der Waals surface area contributed by atoms with Crippen LogP contribution in [0.5, 0.6) is 0 Å². The zero-order valence-electron chi connectivity index (χ0n) is 14.6. The predicted octanol–water partition coefficient (Wildman–Crippen LogP) is 3.38. The number of nitrogens with one attached hydrogen (secondary N) is 2. The van der Waals surface area contributed by atoms with Gasteiger partial charge in [-0.15, -0.1) is 10.2 Å². The Morgan fingerprint density at radius 3 is 2.62 bits per heavy atom. The second-order valence-corrected chi connectivity index (χ2v) is 7.59. The number of carbonyl (C=O) groups excluding carboxylic acids is 2. The van der Waals surface area contributed by atoms with Gasteiger partial charge in [-0.1, -0.05) is 49.2 Å². The van der Waals surface area contributed by atoms with Crippen molar-refractivity contribution in [2.24, 2.45) is 0 Å². The van der Waals surface area contributed by atoms with E-state index in [1.165, 1.54) is 6.42 Å². The molecule has 0 bridgehead atoms. The molecule has 0 aliphatic heterocycles. The summed E-state index contributed by atoms with van der Waals surface area (Å²) in [6.45, 7) is 1.69. The Labute approximate surface area is 156 Å². The van der Waals surface area contributed by atoms with Crippen molar-refractivity contribution < 1.29 is 14.0 Å². The SMILES string of the molecule is CC(Sc1nnc(-c2ccccc2)o1)C(=O)NC(=O)NC1CCCCC1. The maximum absolute atomic E-state index is 12.2. The first kappa shape index (κ1) is 18.4. The number of imide groups is 1. The lowest BCUT2D eigenvalue weighted by molar-refractivity contribution is -0.119. The van der Waals surface area contributed by atoms with Crippen LogP contribution in [-0.4, -0.2) is 33.4 Å². The average Bonchev–Trinajstić information content (AvgIpc) is 3.11. The molecule has 1 heterocycles. The van der Waals surface area contributed by atoms with Crippen molar-refractivity contribution in [2.45, 2.75) is 55.5 Å². The van der Waals surface area contributed by atoms with Crippen molar-refractivity contribution in [3.05, 3.63) is 30.3 Å². The molecular formula is C18H22N4O3S. The van der Waals surface area contributed by atoms with Crippen LogP contribution in [0.2, 0.25) is 0 Å². The number of thioether (sulfide) groups is 1. The van der Waals surface area contributed by atoms with E-state index in [-0.39, 0.29) is 11.9 Å². The Morgan fingerprint density at radius 2 is 1.88 bits per heavy atom. The van der Waals surface area contributed by atoms with Crippen LogP contribution in [-0.2, 0) is 4.79 Å². The van der Waals surface area contributed by atoms with Gasteiger partial charge in [0.1, 0.15) is 0 Å². The van der Waals surface area contributed by atoms with Gasteiger partial charge in [-0.3, -0.25) is 10.1 Å². The molecule has 1 aromatic carbocycles. The molecule has 1 saturated carbocycles. The summed E-state index contributed by atoms with van der Waals surface area (Å²) in [5.41, 5.74) is 0.816. The molecule has 26 heavy (non-hydrogen) atoms. The predicted molar refractivity (Wildman–Crippen MR) is 98.6 cm³/mol. The first-order chi connectivity index (χ1) is 12.6. The van der Waals surface area contributed by atoms with Crippen LogP contribution in [0.4, 0.5) is 4.79 Å². The molecule has 0 saturated heterocycles. The second kappa shape index (κ2) is 8.84. The highest BCUT2D eigenvalue weighted by molar-refractivity contribution is 8.00. The summed E-state index contributed by atoms with van der Waals surface area (Å²) < 4.78 is 5.58. The summed E-state index contributed by atoms with van der Waals surface area (Å²) in [6, 6.07) is 9.12. The molecule has 2 N–H and O–H groups in total. The fraction of sp³-hybridized carbons (Fsp3) is 0.444. The third-order valence-electron chi connectivity index (χ3n) is 4.25. The highest BCUT2D eigenvalue weighted by Crippen LogP contribution is 2.26. The van der Waals surface area contributed by atoms with Crippen molar-refractivity contribution in [1.29, 1.82) is 0 Å². The van der Waals surface area contributed by atoms with Crippen molar-refractivity contribution in [2.75, 3.05) is 0 Å². The van der Waals surface area contributed by atoms with E-state index in [2.05, 4.69) is 20.8 Å². The minimum absolute atomic E-state index is 0.156. The summed E-state index contributed by atoms with van der Waals surface area (Å²) >= 11 is 1.12. The van der Waals surface area contributed by atoms with Crippen molar-refractivity contribution in [1.82, 2.24) is 20.8 Å². The van der Waals surface area contributed by atoms with E-state index in [1.54, 1.807) is 6.92 Å². The smallest absolute Gasteiger partial charge is 0.321 e. The Hall–Kier alpha value is -2.35. The molecule has 7 nitrogen and oxygen atoms in total. The molecule has 1 atom stereocenters. The molecule has 3 amide bonds. The highest BCUT2D eigenvalue weighted by atomic mass is 32.2. The van der Waals surface area contributed by atoms with E-state index >= 15 is 0 Å². The maximum Gasteiger partial charge on any atom is 0.321 e. The minimum Gasteiger partial charge on any atom is -0.411 e. The van der Waals surface area contributed by atoms with E-state index in [1.807, 2.05) is 30.3 Å². The van der Waals surface area contributed by atoms with Crippen molar-refractivity contribution in [3.63, 3.8) is 0 Å². The lowest BCUT2D eigenvalue weighted by Gasteiger charge is -2.22. The molecule has 138 valence electrons. The lowest BCUT2D eigenvalue weighted by atomic mass is 9.96. The number of rotatable bonds is 5. The minimum atomic E-state index is -0.531. The molecule has 2 aromatic rings. The number of amides is 3. The molecule has 1 aromatic heterocycles. The number of hydrogen-bond acceptors (Lipinski definition) is 6. The second-order valence-electron chi connectivity index (χ2n) is 6.30. The summed E-state index contributed by atoms with van der Waals surface area (Å²) in [5, 5.41) is 13.0. The van der Waals surface area contributed by atoms with Gasteiger partial charge < -0.3 is 9.73 Å². The number of urea groups is 1. The molecule has 1 aliphatic rings. The van der Waals surface area contributed by atoms with Gasteiger partial charge in [0.25, 0.3) is 5.22 Å². The van der Waals surface area contributed by atoms with E-state index in [9.17, 15) is 9.59 Å². The third kappa shape index (κ3) is 5.08. The normalized spacial score (nSPS) is 16.0. The summed E-state index contributed by atoms with van der Waals surface area (Å²) in [4.78, 5) is 24.2. The van der Waals surface area contributed by atoms with Crippen LogP contribution >= 0.6 is 11.8 Å². The van der Waals surface area contributed by atoms with Gasteiger partial charge in [-0.25, -0.2) is 4.79 Å². The molecule has 1 unspecified atom stereocenters. The van der Waals surface area contributed by atoms with Gasteiger partial charge in [0, 0.05) is 11.6 Å². The van der Waals surface area contributed by atoms with Gasteiger partial charge in [-0.2, -0.15) is 0 Å². The van der Waals surface area contributed by atoms with Crippen LogP contribution in [0.15, 0.2) is 40.0 Å². The molecule has 0 spiro atoms. The fourth-order valence-corrected chi connectivity index (χ4v) is 3.52. The zero-order valence-corrected chi connectivity index (χ0v) is 15.4. The number of aromatic nitrogens is 2. The molecule has 8 heteroatoms. The lowest BCUT2D eigenvalue weighted by Crippen LogP contribution is -2.47. The third-order valence-corrected chi connectivity index (χ3v) is 5.19. The molecular weight excluding hydrogens is 352 g/mol. The van der Waals surface area contributed by atoms with Crippen LogP contribution in [0, 0.1) is 0 Å². The number of hydrogen-bond donors (Lipinski definition) is 2. The van der Waals surface area contributed by atoms with Gasteiger partial charge in [-0.05, 0) is 31.9 Å². The monoisotopic (exact) mass is 374 g/mol. The highest BCUT2D eigenvalue weighted by Gasteiger charge is 2.22. The number of carbonyl (C=O) groups is 2. The Bertz CT molecular complexity index is 744. The van der Waals surface area contributed by atoms with Crippen molar-refractivity contribution >= 4 is 23.7 Å². The van der Waals surface area contributed by atoms with Crippen LogP contribution in [0.25, 0.3) is 11.5 Å². The van der Waals surface area contributed by atoms with Gasteiger partial charge in [0.15, 0.2) is 0 Å². The summed E-state index contributed by atoms with van der Waals surface area (Å²) in [6.07, 6.45) is 5.38. The number of nitrogens with zero attached hydrogens (tertiary/aromatic N) is 2. The fourth-order valence-electron chi connectivity index (χ4n) is 2.84. The molecule has 0 radical (unpaired) electrons. The topological polar surface area (TPSA) is 97.1 Å². The largest absolute Gasteiger partial charge is 0.411 e. The summed E-state index contributed by atoms with van der Waals surface area (Å²) in [5.74, 6) is 0.0125. The van der Waals surface area contributed by atoms with Crippen LogP contribution < -0.4 is 10.6 Å². The van der Waals surface area contributed by atoms with Crippen molar-refractivity contribution in [3.8, 4) is 11.5 Å². The maximum atomic E-state index is 12.2. The van der Waals surface area contributed by atoms with E-state index in [4.69, 9.17) is 4.42 Å². The van der Waals surface area contributed by atoms with Gasteiger partial charge in [0.2, 0.25) is 11.8 Å². The molecule has 1 aliphatic carbocycles. The van der Waals surface area contributed by atoms with Gasteiger partial charge in [0.05, 0.1) is 5.25 Å². The van der Waals surface area contributed by atoms with Crippen LogP contribution in [0.1, 0.15) is 39.0 Å². The van der Waals surface area contributed by atoms with Crippen LogP contribution in [0.3, 0.4) is 0 Å². The molecule has 3 rings (SSSR count). The number of benzene rings is 1. The standard InChI is InChI=1S/C18H22N4O3S/c1-12(15(23)20-17(24)19-14-10-6-3-7-11-14)26-18-22-21-16(25-18)13-8-4-2-5-9-13/h2,4-5,8-9,12,14H,3,6-7,10-11H2,1H3,(H2,19,20,23,24). The van der Waals surface area contributed by atoms with E-state index in [0.29, 0.717) is 11.1 Å². The first-order valence-corrected chi connectivity index (χ1v) is 9.67.